The van der Waals surface area contributed by atoms with Crippen molar-refractivity contribution in [3.8, 4) is 11.8 Å². The first-order valence-electron chi connectivity index (χ1n) is 10.8. The number of imidazole rings is 1. The molecule has 4 aromatic rings. The van der Waals surface area contributed by atoms with E-state index in [1.807, 2.05) is 42.9 Å². The normalized spacial score (nSPS) is 13.1. The van der Waals surface area contributed by atoms with Crippen LogP contribution in [0.25, 0.3) is 21.8 Å². The van der Waals surface area contributed by atoms with Gasteiger partial charge >= 0.3 is 0 Å². The summed E-state index contributed by atoms with van der Waals surface area (Å²) in [6, 6.07) is 7.81. The number of ether oxygens (including phenoxy) is 1. The fourth-order valence-corrected chi connectivity index (χ4v) is 3.79. The lowest BCUT2D eigenvalue weighted by Crippen LogP contribution is -2.14. The monoisotopic (exact) mass is 440 g/mol. The van der Waals surface area contributed by atoms with Crippen LogP contribution in [0.5, 0.6) is 0 Å². The van der Waals surface area contributed by atoms with E-state index < -0.39 is 0 Å². The third-order valence-corrected chi connectivity index (χ3v) is 5.80. The van der Waals surface area contributed by atoms with E-state index in [9.17, 15) is 4.79 Å². The number of hydrogen-bond donors (Lipinski definition) is 2. The lowest BCUT2D eigenvalue weighted by molar-refractivity contribution is -0.117. The smallest absolute Gasteiger partial charge is 0.228 e. The molecule has 3 aromatic heterocycles. The van der Waals surface area contributed by atoms with Crippen molar-refractivity contribution >= 4 is 39.3 Å². The highest BCUT2D eigenvalue weighted by Crippen LogP contribution is 2.31. The second-order valence-corrected chi connectivity index (χ2v) is 8.12. The number of aromatic nitrogens is 4. The quantitative estimate of drug-likeness (QED) is 0.462. The maximum absolute atomic E-state index is 12.2. The standard InChI is InChI=1S/C25H24N6O2/c1-26-24-19-13-27-22(30-25(32)16-7-8-16)11-18(19)17(12-28-24)6-4-15-5-9-20-21(10-15)31(2)23(29-20)14-33-3/h5,9-13,16H,7-8,14H2,1-3H3,(H,26,28)(H,27,30,32). The largest absolute Gasteiger partial charge is 0.377 e. The molecule has 0 bridgehead atoms. The van der Waals surface area contributed by atoms with E-state index in [4.69, 9.17) is 4.74 Å². The first kappa shape index (κ1) is 20.9. The number of aryl methyl sites for hydroxylation is 1. The Hall–Kier alpha value is -3.96. The number of fused-ring (bicyclic) bond motifs is 2. The van der Waals surface area contributed by atoms with Gasteiger partial charge < -0.3 is 19.9 Å². The minimum absolute atomic E-state index is 0.0229. The first-order chi connectivity index (χ1) is 16.1. The fraction of sp³-hybridized carbons (Fsp3) is 0.280. The Labute approximate surface area is 191 Å². The first-order valence-corrected chi connectivity index (χ1v) is 10.8. The summed E-state index contributed by atoms with van der Waals surface area (Å²) in [5, 5.41) is 7.73. The van der Waals surface area contributed by atoms with Gasteiger partial charge in [-0.1, -0.05) is 11.8 Å². The average molecular weight is 441 g/mol. The van der Waals surface area contributed by atoms with Gasteiger partial charge in [0, 0.05) is 55.9 Å². The number of hydrogen-bond acceptors (Lipinski definition) is 6. The van der Waals surface area contributed by atoms with E-state index >= 15 is 0 Å². The van der Waals surface area contributed by atoms with Gasteiger partial charge in [0.25, 0.3) is 0 Å². The third kappa shape index (κ3) is 4.11. The van der Waals surface area contributed by atoms with Gasteiger partial charge in [-0.2, -0.15) is 0 Å². The molecule has 8 nitrogen and oxygen atoms in total. The zero-order valence-electron chi connectivity index (χ0n) is 18.8. The van der Waals surface area contributed by atoms with Crippen molar-refractivity contribution in [3.63, 3.8) is 0 Å². The molecular formula is C25H24N6O2. The van der Waals surface area contributed by atoms with E-state index in [1.165, 1.54) is 0 Å². The minimum atomic E-state index is 0.0229. The predicted molar refractivity (Wildman–Crippen MR) is 128 cm³/mol. The number of nitrogens with one attached hydrogen (secondary N) is 2. The van der Waals surface area contributed by atoms with E-state index in [0.29, 0.717) is 18.2 Å². The van der Waals surface area contributed by atoms with Gasteiger partial charge in [0.05, 0.1) is 16.6 Å². The summed E-state index contributed by atoms with van der Waals surface area (Å²) < 4.78 is 7.25. The lowest BCUT2D eigenvalue weighted by Gasteiger charge is -2.09. The molecular weight excluding hydrogens is 416 g/mol. The number of anilines is 2. The number of amides is 1. The molecule has 1 aliphatic rings. The van der Waals surface area contributed by atoms with E-state index in [0.717, 1.165) is 51.6 Å². The number of carbonyl (C=O) groups excluding carboxylic acids is 1. The van der Waals surface area contributed by atoms with Crippen LogP contribution in [0.2, 0.25) is 0 Å². The Kier molecular flexibility index (Phi) is 5.40. The number of methoxy groups -OCH3 is 1. The molecule has 0 aliphatic heterocycles. The molecule has 166 valence electrons. The van der Waals surface area contributed by atoms with Crippen molar-refractivity contribution in [3.05, 3.63) is 53.6 Å². The van der Waals surface area contributed by atoms with Crippen molar-refractivity contribution in [2.75, 3.05) is 24.8 Å². The van der Waals surface area contributed by atoms with Crippen LogP contribution < -0.4 is 10.6 Å². The molecule has 1 fully saturated rings. The Morgan fingerprint density at radius 1 is 1.18 bits per heavy atom. The molecule has 1 saturated carbocycles. The average Bonchev–Trinajstić information content (AvgIpc) is 3.63. The second kappa shape index (κ2) is 8.52. The minimum Gasteiger partial charge on any atom is -0.377 e. The van der Waals surface area contributed by atoms with E-state index in [2.05, 4.69) is 37.4 Å². The Morgan fingerprint density at radius 3 is 2.79 bits per heavy atom. The summed E-state index contributed by atoms with van der Waals surface area (Å²) in [6.45, 7) is 0.454. The van der Waals surface area contributed by atoms with Crippen molar-refractivity contribution in [1.29, 1.82) is 0 Å². The van der Waals surface area contributed by atoms with Crippen LogP contribution in [0, 0.1) is 17.8 Å². The Bertz CT molecular complexity index is 1440. The molecule has 0 radical (unpaired) electrons. The number of benzene rings is 1. The highest BCUT2D eigenvalue weighted by Gasteiger charge is 2.29. The highest BCUT2D eigenvalue weighted by atomic mass is 16.5. The Morgan fingerprint density at radius 2 is 2.03 bits per heavy atom. The number of rotatable bonds is 5. The summed E-state index contributed by atoms with van der Waals surface area (Å²) in [7, 11) is 5.45. The van der Waals surface area contributed by atoms with Gasteiger partial charge in [0.15, 0.2) is 0 Å². The molecule has 2 N–H and O–H groups in total. The van der Waals surface area contributed by atoms with Crippen LogP contribution in [0.3, 0.4) is 0 Å². The lowest BCUT2D eigenvalue weighted by atomic mass is 10.1. The van der Waals surface area contributed by atoms with Gasteiger partial charge in [0.2, 0.25) is 5.91 Å². The van der Waals surface area contributed by atoms with Crippen LogP contribution in [0.1, 0.15) is 29.8 Å². The number of nitrogens with zero attached hydrogens (tertiary/aromatic N) is 4. The van der Waals surface area contributed by atoms with Crippen molar-refractivity contribution in [2.45, 2.75) is 19.4 Å². The summed E-state index contributed by atoms with van der Waals surface area (Å²) in [6.07, 6.45) is 5.35. The summed E-state index contributed by atoms with van der Waals surface area (Å²) in [4.78, 5) is 25.7. The van der Waals surface area contributed by atoms with Crippen LogP contribution in [-0.2, 0) is 23.2 Å². The van der Waals surface area contributed by atoms with Gasteiger partial charge in [-0.25, -0.2) is 15.0 Å². The zero-order valence-corrected chi connectivity index (χ0v) is 18.8. The summed E-state index contributed by atoms with van der Waals surface area (Å²) >= 11 is 0. The van der Waals surface area contributed by atoms with Crippen molar-refractivity contribution < 1.29 is 9.53 Å². The van der Waals surface area contributed by atoms with Gasteiger partial charge in [-0.3, -0.25) is 4.79 Å². The topological polar surface area (TPSA) is 94.0 Å². The zero-order chi connectivity index (χ0) is 22.9. The van der Waals surface area contributed by atoms with E-state index in [1.54, 1.807) is 19.5 Å². The molecule has 3 heterocycles. The van der Waals surface area contributed by atoms with Crippen molar-refractivity contribution in [2.24, 2.45) is 13.0 Å². The molecule has 1 aromatic carbocycles. The molecule has 0 saturated heterocycles. The SMILES string of the molecule is CNc1ncc(C#Cc2ccc3nc(COC)n(C)c3c2)c2cc(NC(=O)C3CC3)ncc12. The van der Waals surface area contributed by atoms with Crippen LogP contribution in [-0.4, -0.2) is 39.6 Å². The molecule has 5 rings (SSSR count). The van der Waals surface area contributed by atoms with Gasteiger partial charge in [-0.05, 0) is 37.1 Å². The Balaban J connectivity index is 1.53. The molecule has 0 unspecified atom stereocenters. The molecule has 0 spiro atoms. The second-order valence-electron chi connectivity index (χ2n) is 8.12. The third-order valence-electron chi connectivity index (χ3n) is 5.80. The van der Waals surface area contributed by atoms with E-state index in [-0.39, 0.29) is 11.8 Å². The van der Waals surface area contributed by atoms with Crippen LogP contribution >= 0.6 is 0 Å². The molecule has 33 heavy (non-hydrogen) atoms. The predicted octanol–water partition coefficient (Wildman–Crippen LogP) is 3.45. The van der Waals surface area contributed by atoms with Gasteiger partial charge in [0.1, 0.15) is 24.1 Å². The molecule has 0 atom stereocenters. The van der Waals surface area contributed by atoms with Crippen LogP contribution in [0.4, 0.5) is 11.6 Å². The summed E-state index contributed by atoms with van der Waals surface area (Å²) in [5.41, 5.74) is 3.54. The molecule has 1 amide bonds. The maximum Gasteiger partial charge on any atom is 0.228 e. The van der Waals surface area contributed by atoms with Crippen LogP contribution in [0.15, 0.2) is 36.7 Å². The highest BCUT2D eigenvalue weighted by molar-refractivity contribution is 5.99. The summed E-state index contributed by atoms with van der Waals surface area (Å²) in [5.74, 6) is 8.74. The fourth-order valence-electron chi connectivity index (χ4n) is 3.79. The molecule has 8 heteroatoms. The molecule has 1 aliphatic carbocycles. The van der Waals surface area contributed by atoms with Crippen molar-refractivity contribution in [1.82, 2.24) is 19.5 Å². The number of carbonyl (C=O) groups is 1. The number of pyridine rings is 2. The maximum atomic E-state index is 12.2. The van der Waals surface area contributed by atoms with Gasteiger partial charge in [-0.15, -0.1) is 0 Å².